The summed E-state index contributed by atoms with van der Waals surface area (Å²) in [6.07, 6.45) is -0.155. The number of para-hydroxylation sites is 1. The lowest BCUT2D eigenvalue weighted by molar-refractivity contribution is -0.139. The molecule has 7 heteroatoms. The van der Waals surface area contributed by atoms with Crippen LogP contribution in [0.15, 0.2) is 54.6 Å². The number of carbonyl (C=O) groups is 1. The van der Waals surface area contributed by atoms with E-state index in [2.05, 4.69) is 4.90 Å². The summed E-state index contributed by atoms with van der Waals surface area (Å²) in [5.41, 5.74) is 0.415. The Labute approximate surface area is 174 Å². The van der Waals surface area contributed by atoms with Gasteiger partial charge in [0.05, 0.1) is 12.7 Å². The van der Waals surface area contributed by atoms with Gasteiger partial charge in [0, 0.05) is 44.7 Å². The van der Waals surface area contributed by atoms with Crippen LogP contribution >= 0.6 is 0 Å². The highest BCUT2D eigenvalue weighted by Gasteiger charge is 2.33. The van der Waals surface area contributed by atoms with E-state index in [-0.39, 0.29) is 24.4 Å². The lowest BCUT2D eigenvalue weighted by Gasteiger charge is -2.23. The molecule has 0 atom stereocenters. The fraction of sp³-hybridized carbons (Fsp3) is 0.348. The minimum Gasteiger partial charge on any atom is -0.496 e. The second-order valence-corrected chi connectivity index (χ2v) is 7.17. The van der Waals surface area contributed by atoms with E-state index in [1.807, 2.05) is 36.4 Å². The Morgan fingerprint density at radius 1 is 1.03 bits per heavy atom. The molecule has 1 amide bonds. The molecular formula is C23H25F3N2O2. The summed E-state index contributed by atoms with van der Waals surface area (Å²) < 4.78 is 45.1. The van der Waals surface area contributed by atoms with Crippen LogP contribution in [0.4, 0.5) is 13.2 Å². The maximum absolute atomic E-state index is 13.2. The lowest BCUT2D eigenvalue weighted by Crippen LogP contribution is -2.33. The molecule has 1 fully saturated rings. The van der Waals surface area contributed by atoms with Crippen LogP contribution < -0.4 is 4.74 Å². The van der Waals surface area contributed by atoms with Crippen molar-refractivity contribution in [3.8, 4) is 5.75 Å². The summed E-state index contributed by atoms with van der Waals surface area (Å²) in [4.78, 5) is 16.1. The molecule has 1 aliphatic heterocycles. The predicted octanol–water partition coefficient (Wildman–Crippen LogP) is 4.46. The number of hydrogen-bond donors (Lipinski definition) is 0. The first-order valence-corrected chi connectivity index (χ1v) is 9.83. The van der Waals surface area contributed by atoms with E-state index in [9.17, 15) is 18.0 Å². The number of carbonyl (C=O) groups excluding carboxylic acids is 1. The molecule has 4 nitrogen and oxygen atoms in total. The van der Waals surface area contributed by atoms with E-state index in [0.29, 0.717) is 26.2 Å². The van der Waals surface area contributed by atoms with Crippen LogP contribution in [0.1, 0.15) is 23.1 Å². The molecule has 0 bridgehead atoms. The number of halogens is 3. The highest BCUT2D eigenvalue weighted by Crippen LogP contribution is 2.32. The monoisotopic (exact) mass is 418 g/mol. The van der Waals surface area contributed by atoms with Crippen molar-refractivity contribution >= 4 is 12.0 Å². The van der Waals surface area contributed by atoms with Crippen LogP contribution in [0.2, 0.25) is 0 Å². The number of methoxy groups -OCH3 is 1. The molecule has 1 aliphatic rings. The normalized spacial score (nSPS) is 16.1. The number of benzene rings is 2. The molecule has 0 spiro atoms. The second kappa shape index (κ2) is 9.80. The first-order chi connectivity index (χ1) is 14.4. The molecule has 0 saturated carbocycles. The molecule has 1 heterocycles. The summed E-state index contributed by atoms with van der Waals surface area (Å²) in [6.45, 7) is 2.20. The van der Waals surface area contributed by atoms with Crippen molar-refractivity contribution < 1.29 is 22.7 Å². The molecule has 30 heavy (non-hydrogen) atoms. The van der Waals surface area contributed by atoms with Gasteiger partial charge in [0.1, 0.15) is 5.75 Å². The van der Waals surface area contributed by atoms with Crippen LogP contribution in [0.5, 0.6) is 5.75 Å². The smallest absolute Gasteiger partial charge is 0.416 e. The average molecular weight is 418 g/mol. The third-order valence-corrected chi connectivity index (χ3v) is 5.16. The van der Waals surface area contributed by atoms with Crippen LogP contribution in [-0.2, 0) is 17.5 Å². The van der Waals surface area contributed by atoms with Gasteiger partial charge in [-0.05, 0) is 17.7 Å². The number of hydrogen-bond acceptors (Lipinski definition) is 3. The van der Waals surface area contributed by atoms with Crippen molar-refractivity contribution in [2.24, 2.45) is 0 Å². The van der Waals surface area contributed by atoms with Crippen molar-refractivity contribution in [3.63, 3.8) is 0 Å². The highest BCUT2D eigenvalue weighted by atomic mass is 19.4. The van der Waals surface area contributed by atoms with E-state index >= 15 is 0 Å². The molecule has 0 aromatic heterocycles. The number of ether oxygens (including phenoxy) is 1. The molecule has 0 N–H and O–H groups in total. The van der Waals surface area contributed by atoms with Gasteiger partial charge in [0.15, 0.2) is 0 Å². The van der Waals surface area contributed by atoms with Gasteiger partial charge in [-0.15, -0.1) is 0 Å². The third kappa shape index (κ3) is 5.63. The van der Waals surface area contributed by atoms with Gasteiger partial charge in [0.25, 0.3) is 0 Å². The second-order valence-electron chi connectivity index (χ2n) is 7.17. The Morgan fingerprint density at radius 2 is 1.77 bits per heavy atom. The zero-order chi connectivity index (χ0) is 21.6. The fourth-order valence-electron chi connectivity index (χ4n) is 3.53. The van der Waals surface area contributed by atoms with E-state index in [0.717, 1.165) is 17.4 Å². The molecule has 0 radical (unpaired) electrons. The number of alkyl halides is 3. The van der Waals surface area contributed by atoms with Gasteiger partial charge in [-0.1, -0.05) is 48.6 Å². The maximum atomic E-state index is 13.2. The standard InChI is InChI=1S/C23H25F3N2O2/c1-30-21-11-5-3-7-18(21)9-6-13-27-14-12-22(29)28(16-15-27)17-19-8-2-4-10-20(19)23(24,25)26/h2-11H,12-17H2,1H3/b9-6+. The van der Waals surface area contributed by atoms with Gasteiger partial charge in [-0.2, -0.15) is 13.2 Å². The number of rotatable bonds is 6. The first-order valence-electron chi connectivity index (χ1n) is 9.83. The van der Waals surface area contributed by atoms with Crippen LogP contribution in [0.3, 0.4) is 0 Å². The van der Waals surface area contributed by atoms with Gasteiger partial charge < -0.3 is 9.64 Å². The minimum absolute atomic E-state index is 0.0284. The van der Waals surface area contributed by atoms with Gasteiger partial charge >= 0.3 is 6.18 Å². The Balaban J connectivity index is 1.61. The zero-order valence-corrected chi connectivity index (χ0v) is 16.9. The number of nitrogens with zero attached hydrogens (tertiary/aromatic N) is 2. The average Bonchev–Trinajstić information content (AvgIpc) is 2.90. The van der Waals surface area contributed by atoms with Gasteiger partial charge in [-0.3, -0.25) is 9.69 Å². The molecule has 0 aliphatic carbocycles. The van der Waals surface area contributed by atoms with E-state index in [1.165, 1.54) is 17.0 Å². The molecule has 1 saturated heterocycles. The number of amides is 1. The summed E-state index contributed by atoms with van der Waals surface area (Å²) in [6, 6.07) is 13.1. The Bertz CT molecular complexity index is 896. The lowest BCUT2D eigenvalue weighted by atomic mass is 10.1. The third-order valence-electron chi connectivity index (χ3n) is 5.16. The summed E-state index contributed by atoms with van der Waals surface area (Å²) >= 11 is 0. The Hall–Kier alpha value is -2.80. The quantitative estimate of drug-likeness (QED) is 0.694. The summed E-state index contributed by atoms with van der Waals surface area (Å²) in [7, 11) is 1.62. The molecule has 2 aromatic rings. The molecule has 160 valence electrons. The van der Waals surface area contributed by atoms with E-state index in [1.54, 1.807) is 13.2 Å². The van der Waals surface area contributed by atoms with Gasteiger partial charge in [-0.25, -0.2) is 0 Å². The minimum atomic E-state index is -4.43. The van der Waals surface area contributed by atoms with Gasteiger partial charge in [0.2, 0.25) is 5.91 Å². The first kappa shape index (κ1) is 21.9. The van der Waals surface area contributed by atoms with Crippen molar-refractivity contribution in [1.29, 1.82) is 0 Å². The van der Waals surface area contributed by atoms with Crippen LogP contribution in [-0.4, -0.2) is 49.0 Å². The van der Waals surface area contributed by atoms with Crippen molar-refractivity contribution in [1.82, 2.24) is 9.80 Å². The zero-order valence-electron chi connectivity index (χ0n) is 16.9. The highest BCUT2D eigenvalue weighted by molar-refractivity contribution is 5.76. The molecular weight excluding hydrogens is 393 g/mol. The maximum Gasteiger partial charge on any atom is 0.416 e. The van der Waals surface area contributed by atoms with Crippen LogP contribution in [0.25, 0.3) is 6.08 Å². The molecule has 2 aromatic carbocycles. The Kier molecular flexibility index (Phi) is 7.15. The largest absolute Gasteiger partial charge is 0.496 e. The summed E-state index contributed by atoms with van der Waals surface area (Å²) in [5, 5.41) is 0. The predicted molar refractivity (Wildman–Crippen MR) is 110 cm³/mol. The van der Waals surface area contributed by atoms with Crippen molar-refractivity contribution in [2.45, 2.75) is 19.1 Å². The topological polar surface area (TPSA) is 32.8 Å². The van der Waals surface area contributed by atoms with E-state index in [4.69, 9.17) is 4.74 Å². The Morgan fingerprint density at radius 3 is 2.53 bits per heavy atom. The fourth-order valence-corrected chi connectivity index (χ4v) is 3.53. The van der Waals surface area contributed by atoms with E-state index < -0.39 is 11.7 Å². The van der Waals surface area contributed by atoms with Crippen LogP contribution in [0, 0.1) is 0 Å². The SMILES string of the molecule is COc1ccccc1/C=C/CN1CCC(=O)N(Cc2ccccc2C(F)(F)F)CC1. The van der Waals surface area contributed by atoms with Crippen molar-refractivity contribution in [2.75, 3.05) is 33.3 Å². The molecule has 3 rings (SSSR count). The van der Waals surface area contributed by atoms with Crippen molar-refractivity contribution in [3.05, 3.63) is 71.3 Å². The summed E-state index contributed by atoms with van der Waals surface area (Å²) in [5.74, 6) is 0.664. The molecule has 0 unspecified atom stereocenters.